The van der Waals surface area contributed by atoms with Crippen molar-refractivity contribution in [3.05, 3.63) is 56.9 Å². The number of ether oxygens (including phenoxy) is 1. The second-order valence-electron chi connectivity index (χ2n) is 4.91. The van der Waals surface area contributed by atoms with Gasteiger partial charge < -0.3 is 4.74 Å². The first-order valence-corrected chi connectivity index (χ1v) is 6.93. The number of nitrogens with zero attached hydrogens (tertiary/aromatic N) is 2. The lowest BCUT2D eigenvalue weighted by molar-refractivity contribution is -0.384. The molecule has 1 heterocycles. The summed E-state index contributed by atoms with van der Waals surface area (Å²) in [6, 6.07) is 6.64. The number of nitro benzene ring substituents is 1. The molecule has 1 N–H and O–H groups in total. The third-order valence-electron chi connectivity index (χ3n) is 3.34. The zero-order chi connectivity index (χ0) is 15.2. The average Bonchev–Trinajstić information content (AvgIpc) is 2.83. The van der Waals surface area contributed by atoms with Crippen LogP contribution < -0.4 is 0 Å². The van der Waals surface area contributed by atoms with Gasteiger partial charge in [-0.2, -0.15) is 5.10 Å². The van der Waals surface area contributed by atoms with E-state index in [1.807, 2.05) is 0 Å². The van der Waals surface area contributed by atoms with E-state index in [1.54, 1.807) is 19.2 Å². The van der Waals surface area contributed by atoms with Crippen molar-refractivity contribution in [3.63, 3.8) is 0 Å². The smallest absolute Gasteiger partial charge is 0.269 e. The predicted molar refractivity (Wildman–Crippen MR) is 79.2 cm³/mol. The summed E-state index contributed by atoms with van der Waals surface area (Å²) in [5.41, 5.74) is 4.28. The van der Waals surface area contributed by atoms with Gasteiger partial charge in [0.05, 0.1) is 22.9 Å². The molecule has 0 radical (unpaired) electrons. The molecule has 2 rings (SSSR count). The van der Waals surface area contributed by atoms with Gasteiger partial charge in [-0.1, -0.05) is 25.5 Å². The Kier molecular flexibility index (Phi) is 5.05. The molecule has 112 valence electrons. The van der Waals surface area contributed by atoms with Gasteiger partial charge in [0, 0.05) is 31.2 Å². The summed E-state index contributed by atoms with van der Waals surface area (Å²) in [4.78, 5) is 10.3. The van der Waals surface area contributed by atoms with Crippen molar-refractivity contribution >= 4 is 5.69 Å². The fourth-order valence-electron chi connectivity index (χ4n) is 2.30. The first-order chi connectivity index (χ1) is 10.2. The van der Waals surface area contributed by atoms with Gasteiger partial charge in [-0.3, -0.25) is 15.2 Å². The van der Waals surface area contributed by atoms with Crippen LogP contribution >= 0.6 is 0 Å². The fourth-order valence-corrected chi connectivity index (χ4v) is 2.30. The highest BCUT2D eigenvalue weighted by Crippen LogP contribution is 2.20. The van der Waals surface area contributed by atoms with Crippen LogP contribution in [0.5, 0.6) is 0 Å². The van der Waals surface area contributed by atoms with Gasteiger partial charge in [-0.25, -0.2) is 0 Å². The van der Waals surface area contributed by atoms with Gasteiger partial charge >= 0.3 is 0 Å². The van der Waals surface area contributed by atoms with Gasteiger partial charge in [0.15, 0.2) is 0 Å². The summed E-state index contributed by atoms with van der Waals surface area (Å²) in [6.07, 6.45) is 2.62. The maximum Gasteiger partial charge on any atom is 0.269 e. The Labute approximate surface area is 123 Å². The Bertz CT molecular complexity index is 582. The number of aryl methyl sites for hydroxylation is 1. The van der Waals surface area contributed by atoms with Crippen molar-refractivity contribution in [3.8, 4) is 0 Å². The van der Waals surface area contributed by atoms with Gasteiger partial charge in [0.25, 0.3) is 5.69 Å². The first kappa shape index (κ1) is 15.2. The molecule has 0 aliphatic carbocycles. The molecule has 0 spiro atoms. The van der Waals surface area contributed by atoms with E-state index in [0.29, 0.717) is 13.0 Å². The predicted octanol–water partition coefficient (Wildman–Crippen LogP) is 3.01. The summed E-state index contributed by atoms with van der Waals surface area (Å²) < 4.78 is 5.19. The molecule has 21 heavy (non-hydrogen) atoms. The number of benzene rings is 1. The molecule has 0 saturated heterocycles. The molecule has 2 aromatic rings. The second kappa shape index (κ2) is 6.99. The molecule has 0 atom stereocenters. The number of H-pyrrole nitrogens is 1. The van der Waals surface area contributed by atoms with Crippen molar-refractivity contribution in [2.45, 2.75) is 32.8 Å². The van der Waals surface area contributed by atoms with Crippen LogP contribution in [0.2, 0.25) is 0 Å². The number of aromatic nitrogens is 2. The summed E-state index contributed by atoms with van der Waals surface area (Å²) >= 11 is 0. The Hall–Kier alpha value is -2.21. The molecular weight excluding hydrogens is 270 g/mol. The molecule has 0 bridgehead atoms. The third-order valence-corrected chi connectivity index (χ3v) is 3.34. The monoisotopic (exact) mass is 289 g/mol. The molecule has 0 aliphatic heterocycles. The topological polar surface area (TPSA) is 81.0 Å². The van der Waals surface area contributed by atoms with E-state index in [-0.39, 0.29) is 10.6 Å². The van der Waals surface area contributed by atoms with Gasteiger partial charge in [-0.15, -0.1) is 0 Å². The Morgan fingerprint density at radius 2 is 2.05 bits per heavy atom. The summed E-state index contributed by atoms with van der Waals surface area (Å²) in [6.45, 7) is 2.60. The van der Waals surface area contributed by atoms with Crippen LogP contribution in [0, 0.1) is 10.1 Å². The highest BCUT2D eigenvalue weighted by Gasteiger charge is 2.14. The van der Waals surface area contributed by atoms with Crippen molar-refractivity contribution in [1.29, 1.82) is 0 Å². The number of nitro groups is 1. The minimum absolute atomic E-state index is 0.108. The van der Waals surface area contributed by atoms with Crippen molar-refractivity contribution in [1.82, 2.24) is 10.2 Å². The molecule has 1 aromatic carbocycles. The fraction of sp³-hybridized carbons (Fsp3) is 0.400. The Morgan fingerprint density at radius 3 is 2.62 bits per heavy atom. The number of aromatic amines is 1. The lowest BCUT2D eigenvalue weighted by Crippen LogP contribution is -1.99. The van der Waals surface area contributed by atoms with E-state index in [2.05, 4.69) is 17.1 Å². The molecule has 0 aliphatic rings. The van der Waals surface area contributed by atoms with Crippen LogP contribution in [-0.4, -0.2) is 22.2 Å². The van der Waals surface area contributed by atoms with Gasteiger partial charge in [-0.05, 0) is 12.0 Å². The van der Waals surface area contributed by atoms with E-state index in [4.69, 9.17) is 4.74 Å². The SMILES string of the molecule is CCCc1n[nH]c(COC)c1Cc1ccc([N+](=O)[O-])cc1. The molecule has 1 aromatic heterocycles. The third kappa shape index (κ3) is 3.66. The number of hydrogen-bond acceptors (Lipinski definition) is 4. The normalized spacial score (nSPS) is 10.8. The molecule has 6 heteroatoms. The van der Waals surface area contributed by atoms with Gasteiger partial charge in [0.1, 0.15) is 0 Å². The quantitative estimate of drug-likeness (QED) is 0.627. The van der Waals surface area contributed by atoms with E-state index in [1.165, 1.54) is 12.1 Å². The molecule has 0 fully saturated rings. The van der Waals surface area contributed by atoms with Crippen molar-refractivity contribution in [2.24, 2.45) is 0 Å². The minimum Gasteiger partial charge on any atom is -0.378 e. The largest absolute Gasteiger partial charge is 0.378 e. The maximum absolute atomic E-state index is 10.7. The maximum atomic E-state index is 10.7. The van der Waals surface area contributed by atoms with Crippen LogP contribution in [0.3, 0.4) is 0 Å². The highest BCUT2D eigenvalue weighted by molar-refractivity contribution is 5.37. The molecule has 0 unspecified atom stereocenters. The number of rotatable bonds is 7. The Morgan fingerprint density at radius 1 is 1.33 bits per heavy atom. The van der Waals surface area contributed by atoms with E-state index in [9.17, 15) is 10.1 Å². The molecular formula is C15H19N3O3. The van der Waals surface area contributed by atoms with Crippen LogP contribution in [0.15, 0.2) is 24.3 Å². The van der Waals surface area contributed by atoms with Crippen LogP contribution in [-0.2, 0) is 24.2 Å². The van der Waals surface area contributed by atoms with E-state index >= 15 is 0 Å². The first-order valence-electron chi connectivity index (χ1n) is 6.93. The van der Waals surface area contributed by atoms with Crippen LogP contribution in [0.25, 0.3) is 0 Å². The lowest BCUT2D eigenvalue weighted by atomic mass is 10.0. The number of nitrogens with one attached hydrogen (secondary N) is 1. The number of non-ortho nitro benzene ring substituents is 1. The summed E-state index contributed by atoms with van der Waals surface area (Å²) in [5.74, 6) is 0. The zero-order valence-corrected chi connectivity index (χ0v) is 12.3. The van der Waals surface area contributed by atoms with Crippen molar-refractivity contribution < 1.29 is 9.66 Å². The lowest BCUT2D eigenvalue weighted by Gasteiger charge is -2.05. The summed E-state index contributed by atoms with van der Waals surface area (Å²) in [7, 11) is 1.65. The summed E-state index contributed by atoms with van der Waals surface area (Å²) in [5, 5.41) is 18.1. The second-order valence-corrected chi connectivity index (χ2v) is 4.91. The molecule has 0 saturated carbocycles. The zero-order valence-electron chi connectivity index (χ0n) is 12.3. The average molecular weight is 289 g/mol. The van der Waals surface area contributed by atoms with Gasteiger partial charge in [0.2, 0.25) is 0 Å². The number of methoxy groups -OCH3 is 1. The van der Waals surface area contributed by atoms with Crippen LogP contribution in [0.4, 0.5) is 5.69 Å². The standard InChI is InChI=1S/C15H19N3O3/c1-3-4-14-13(15(10-21-2)17-16-14)9-11-5-7-12(8-6-11)18(19)20/h5-8H,3-4,9-10H2,1-2H3,(H,16,17). The van der Waals surface area contributed by atoms with Crippen LogP contribution in [0.1, 0.15) is 35.9 Å². The molecule has 0 amide bonds. The molecule has 6 nitrogen and oxygen atoms in total. The van der Waals surface area contributed by atoms with Crippen molar-refractivity contribution in [2.75, 3.05) is 7.11 Å². The number of hydrogen-bond donors (Lipinski definition) is 1. The van der Waals surface area contributed by atoms with E-state index in [0.717, 1.165) is 35.4 Å². The Balaban J connectivity index is 2.24. The minimum atomic E-state index is -0.388. The highest BCUT2D eigenvalue weighted by atomic mass is 16.6. The van der Waals surface area contributed by atoms with E-state index < -0.39 is 0 Å².